The first-order valence-corrected chi connectivity index (χ1v) is 33.4. The van der Waals surface area contributed by atoms with E-state index in [2.05, 4.69) is 4.74 Å². The molecule has 109 heavy (non-hydrogen) atoms. The molecule has 11 N–H and O–H groups in total. The molecule has 5 aromatic heterocycles. The fourth-order valence-electron chi connectivity index (χ4n) is 11.2. The van der Waals surface area contributed by atoms with Crippen LogP contribution in [0.3, 0.4) is 0 Å². The second-order valence-electron chi connectivity index (χ2n) is 24.5. The number of furan rings is 5. The number of carboxylic acids is 1. The Hall–Kier alpha value is -14.8. The van der Waals surface area contributed by atoms with Crippen LogP contribution in [0.2, 0.25) is 0 Å². The summed E-state index contributed by atoms with van der Waals surface area (Å²) < 4.78 is 48.6. The van der Waals surface area contributed by atoms with Crippen LogP contribution in [0.1, 0.15) is 85.9 Å². The van der Waals surface area contributed by atoms with Crippen LogP contribution in [-0.4, -0.2) is 112 Å². The van der Waals surface area contributed by atoms with E-state index in [0.29, 0.717) is 96.7 Å². The van der Waals surface area contributed by atoms with Gasteiger partial charge in [0.25, 0.3) is 0 Å². The number of carboxylic acid groups (broad SMARTS) is 1. The zero-order valence-corrected chi connectivity index (χ0v) is 58.5. The van der Waals surface area contributed by atoms with E-state index >= 15 is 0 Å². The Morgan fingerprint density at radius 2 is 0.550 bits per heavy atom. The molecule has 5 heterocycles. The molecule has 15 rings (SSSR count). The number of rotatable bonds is 14. The fourth-order valence-corrected chi connectivity index (χ4v) is 11.2. The number of ether oxygens (including phenoxy) is 4. The number of aromatic carboxylic acids is 1. The number of methoxy groups -OCH3 is 1. The minimum atomic E-state index is -1.17. The second kappa shape index (κ2) is 32.9. The number of phenols is 10. The third-order valence-corrected chi connectivity index (χ3v) is 16.1. The minimum absolute atomic E-state index is 0.0287. The molecule has 554 valence electrons. The summed E-state index contributed by atoms with van der Waals surface area (Å²) in [4.78, 5) is 59.2. The molecule has 25 heteroatoms. The molecule has 15 aromatic rings. The molecule has 0 aliphatic heterocycles. The zero-order chi connectivity index (χ0) is 77.9. The first-order valence-electron chi connectivity index (χ1n) is 33.4. The van der Waals surface area contributed by atoms with Gasteiger partial charge in [0.05, 0.1) is 26.4 Å². The largest absolute Gasteiger partial charge is 0.508 e. The molecule has 0 aliphatic carbocycles. The summed E-state index contributed by atoms with van der Waals surface area (Å²) in [7, 11) is 1.27. The predicted octanol–water partition coefficient (Wildman–Crippen LogP) is 18.3. The van der Waals surface area contributed by atoms with E-state index in [-0.39, 0.29) is 104 Å². The molecule has 0 bridgehead atoms. The van der Waals surface area contributed by atoms with Crippen LogP contribution in [-0.2, 0) is 18.9 Å². The Labute approximate surface area is 617 Å². The topological polar surface area (TPSA) is 411 Å². The monoisotopic (exact) mass is 1480 g/mol. The minimum Gasteiger partial charge on any atom is -0.508 e. The van der Waals surface area contributed by atoms with Gasteiger partial charge >= 0.3 is 29.8 Å². The van der Waals surface area contributed by atoms with Crippen LogP contribution in [0, 0.1) is 0 Å². The van der Waals surface area contributed by atoms with Gasteiger partial charge < -0.3 is 97.2 Å². The quantitative estimate of drug-likeness (QED) is 0.0356. The van der Waals surface area contributed by atoms with Crippen molar-refractivity contribution in [1.82, 2.24) is 0 Å². The normalized spacial score (nSPS) is 10.8. The number of esters is 4. The molecule has 0 saturated carbocycles. The molecule has 0 amide bonds. The lowest BCUT2D eigenvalue weighted by Crippen LogP contribution is -2.11. The van der Waals surface area contributed by atoms with Gasteiger partial charge in [0, 0.05) is 54.7 Å². The highest BCUT2D eigenvalue weighted by molar-refractivity contribution is 6.07. The van der Waals surface area contributed by atoms with Crippen molar-refractivity contribution in [1.29, 1.82) is 0 Å². The van der Waals surface area contributed by atoms with Crippen molar-refractivity contribution in [2.45, 2.75) is 40.2 Å². The number of benzene rings is 10. The van der Waals surface area contributed by atoms with Crippen LogP contribution < -0.4 is 0 Å². The summed E-state index contributed by atoms with van der Waals surface area (Å²) in [6.07, 6.45) is 0.441. The van der Waals surface area contributed by atoms with Gasteiger partial charge in [-0.3, -0.25) is 0 Å². The maximum atomic E-state index is 12.2. The van der Waals surface area contributed by atoms with Crippen LogP contribution in [0.5, 0.6) is 57.5 Å². The van der Waals surface area contributed by atoms with Gasteiger partial charge in [-0.1, -0.05) is 6.92 Å². The molecule has 0 aliphatic rings. The Bertz CT molecular complexity index is 5810. The molecule has 0 spiro atoms. The Morgan fingerprint density at radius 3 is 0.789 bits per heavy atom. The van der Waals surface area contributed by atoms with Crippen LogP contribution in [0.25, 0.3) is 111 Å². The predicted molar refractivity (Wildman–Crippen MR) is 400 cm³/mol. The van der Waals surface area contributed by atoms with E-state index < -0.39 is 29.8 Å². The summed E-state index contributed by atoms with van der Waals surface area (Å²) in [5.74, 6) is -0.287. The van der Waals surface area contributed by atoms with E-state index in [0.717, 1.165) is 28.3 Å². The van der Waals surface area contributed by atoms with Gasteiger partial charge in [0.2, 0.25) is 0 Å². The van der Waals surface area contributed by atoms with E-state index in [1.807, 2.05) is 6.92 Å². The van der Waals surface area contributed by atoms with Crippen molar-refractivity contribution in [2.24, 2.45) is 0 Å². The van der Waals surface area contributed by atoms with Gasteiger partial charge in [-0.25, -0.2) is 24.0 Å². The number of hydrogen-bond acceptors (Lipinski definition) is 24. The van der Waals surface area contributed by atoms with Crippen molar-refractivity contribution < 1.29 is 121 Å². The van der Waals surface area contributed by atoms with E-state index in [1.54, 1.807) is 160 Å². The lowest BCUT2D eigenvalue weighted by Gasteiger charge is -2.08. The Balaban J connectivity index is 0.000000135. The molecule has 0 radical (unpaired) electrons. The number of carbonyl (C=O) groups is 5. The fraction of sp³-hybridized carbons (Fsp3) is 0.107. The van der Waals surface area contributed by atoms with Gasteiger partial charge in [-0.2, -0.15) is 0 Å². The number of aromatic hydroxyl groups is 10. The smallest absolute Gasteiger partial charge is 0.342 e. The maximum Gasteiger partial charge on any atom is 0.342 e. The molecular weight excluding hydrogens is 1410 g/mol. The molecule has 10 aromatic carbocycles. The third kappa shape index (κ3) is 17.9. The molecule has 0 atom stereocenters. The van der Waals surface area contributed by atoms with Gasteiger partial charge in [-0.15, -0.1) is 0 Å². The van der Waals surface area contributed by atoms with Crippen molar-refractivity contribution in [3.8, 4) is 114 Å². The van der Waals surface area contributed by atoms with Gasteiger partial charge in [0.1, 0.15) is 142 Å². The lowest BCUT2D eigenvalue weighted by molar-refractivity contribution is 0.0376. The standard InChI is InChI=1S/2C18H16O5.C17H14O5.C16H12O5.C15H10O5/c1-10(2)22-18(21)15-9-14(20)7-12-8-16(23-17(12)15)11-3-5-13(19)6-4-11;1-2-7-22-18(21)15-10-14(20)8-12-9-16(23-17(12)15)11-3-5-13(19)6-4-11;1-2-21-17(20)14-9-13(19)7-11-8-15(22-16(11)14)10-3-5-12(18)6-4-10;1-20-16(19)13-8-12(18)6-10-7-14(21-15(10)13)9-2-4-11(17)5-3-9;16-10-3-1-8(2-4-10)13-6-9-5-11(17)7-12(15(18)19)14(9)20-13/h3-10,19-20H,1-2H3;3-6,8-10,19-20H,2,7H2,1H3;3-9,18-19H,2H2,1H3;2-8,17-18H,1H3;1-7,16-17H,(H,18,19). The zero-order valence-electron chi connectivity index (χ0n) is 58.5. The summed E-state index contributed by atoms with van der Waals surface area (Å²) in [6, 6.07) is 54.9. The highest BCUT2D eigenvalue weighted by Crippen LogP contribution is 2.40. The van der Waals surface area contributed by atoms with Crippen molar-refractivity contribution >= 4 is 84.7 Å². The molecule has 0 unspecified atom stereocenters. The summed E-state index contributed by atoms with van der Waals surface area (Å²) in [5.41, 5.74) is 5.98. The summed E-state index contributed by atoms with van der Waals surface area (Å²) >= 11 is 0. The van der Waals surface area contributed by atoms with Crippen LogP contribution in [0.4, 0.5) is 0 Å². The van der Waals surface area contributed by atoms with Crippen molar-refractivity contribution in [2.75, 3.05) is 20.3 Å². The van der Waals surface area contributed by atoms with E-state index in [1.165, 1.54) is 73.8 Å². The van der Waals surface area contributed by atoms with Gasteiger partial charge in [0.15, 0.2) is 0 Å². The average Bonchev–Trinajstić information content (AvgIpc) is 1.70. The molecule has 25 nitrogen and oxygen atoms in total. The van der Waals surface area contributed by atoms with Crippen LogP contribution in [0.15, 0.2) is 234 Å². The lowest BCUT2D eigenvalue weighted by atomic mass is 10.1. The first kappa shape index (κ1) is 75.4. The second-order valence-corrected chi connectivity index (χ2v) is 24.5. The molecular formula is C84H68O25. The third-order valence-electron chi connectivity index (χ3n) is 16.1. The van der Waals surface area contributed by atoms with E-state index in [9.17, 15) is 75.0 Å². The first-order chi connectivity index (χ1) is 52.2. The highest BCUT2D eigenvalue weighted by atomic mass is 16.5. The number of carbonyl (C=O) groups excluding carboxylic acids is 4. The SMILES string of the molecule is CC(C)OC(=O)c1cc(O)cc2cc(-c3ccc(O)cc3)oc12.CCCOC(=O)c1cc(O)cc2cc(-c3ccc(O)cc3)oc12.CCOC(=O)c1cc(O)cc2cc(-c3ccc(O)cc3)oc12.COC(=O)c1cc(O)cc2cc(-c3ccc(O)cc3)oc12.O=C(O)c1cc(O)cc2cc(-c3ccc(O)cc3)oc12. The summed E-state index contributed by atoms with van der Waals surface area (Å²) in [5, 5.41) is 107. The van der Waals surface area contributed by atoms with Crippen molar-refractivity contribution in [3.63, 3.8) is 0 Å². The highest BCUT2D eigenvalue weighted by Gasteiger charge is 2.24. The number of hydrogen-bond donors (Lipinski definition) is 11. The number of phenolic OH excluding ortho intramolecular Hbond substituents is 10. The Kier molecular flexibility index (Phi) is 22.8. The maximum absolute atomic E-state index is 12.2. The molecule has 0 fully saturated rings. The molecule has 0 saturated heterocycles. The number of fused-ring (bicyclic) bond motifs is 5. The van der Waals surface area contributed by atoms with E-state index in [4.69, 9.17) is 41.4 Å². The van der Waals surface area contributed by atoms with Crippen molar-refractivity contribution in [3.05, 3.63) is 240 Å². The summed E-state index contributed by atoms with van der Waals surface area (Å²) in [6.45, 7) is 7.66. The Morgan fingerprint density at radius 1 is 0.312 bits per heavy atom. The average molecular weight is 1480 g/mol. The van der Waals surface area contributed by atoms with Gasteiger partial charge in [-0.05, 0) is 240 Å². The van der Waals surface area contributed by atoms with Crippen LogP contribution >= 0.6 is 0 Å².